The van der Waals surface area contributed by atoms with Crippen LogP contribution >= 0.6 is 0 Å². The summed E-state index contributed by atoms with van der Waals surface area (Å²) < 4.78 is 5.27. The first-order valence-corrected chi connectivity index (χ1v) is 9.80. The van der Waals surface area contributed by atoms with E-state index in [1.54, 1.807) is 55.5 Å². The maximum atomic E-state index is 12.3. The van der Waals surface area contributed by atoms with Gasteiger partial charge in [0.25, 0.3) is 11.8 Å². The van der Waals surface area contributed by atoms with Gasteiger partial charge in [-0.2, -0.15) is 0 Å². The summed E-state index contributed by atoms with van der Waals surface area (Å²) in [6.07, 6.45) is 2.62. The predicted molar refractivity (Wildman–Crippen MR) is 107 cm³/mol. The number of carbonyl (C=O) groups is 4. The molecule has 6 heteroatoms. The van der Waals surface area contributed by atoms with Gasteiger partial charge in [-0.3, -0.25) is 24.1 Å². The van der Waals surface area contributed by atoms with Crippen LogP contribution in [0, 0.1) is 0 Å². The van der Waals surface area contributed by atoms with E-state index in [0.717, 1.165) is 0 Å². The van der Waals surface area contributed by atoms with Crippen molar-refractivity contribution < 1.29 is 23.9 Å². The van der Waals surface area contributed by atoms with Gasteiger partial charge in [0.05, 0.1) is 11.1 Å². The highest BCUT2D eigenvalue weighted by molar-refractivity contribution is 6.21. The molecule has 0 atom stereocenters. The Bertz CT molecular complexity index is 898. The van der Waals surface area contributed by atoms with Crippen LogP contribution < -0.4 is 4.74 Å². The van der Waals surface area contributed by atoms with Crippen molar-refractivity contribution in [1.82, 2.24) is 4.90 Å². The molecule has 0 fully saturated rings. The standard InChI is InChI=1S/C23H23NO5/c1-2-20(25)16-11-13-17(14-12-16)29-21(26)10-4-3-7-15-24-22(27)18-8-5-6-9-19(18)23(24)28/h5-6,8-9,11-14H,2-4,7,10,15H2,1H3. The van der Waals surface area contributed by atoms with Crippen LogP contribution in [-0.4, -0.2) is 35.0 Å². The van der Waals surface area contributed by atoms with Crippen LogP contribution in [0.4, 0.5) is 0 Å². The molecule has 3 rings (SSSR count). The van der Waals surface area contributed by atoms with Crippen molar-refractivity contribution >= 4 is 23.6 Å². The molecule has 1 aliphatic rings. The number of Topliss-reactive ketones (excluding diaryl/α,β-unsaturated/α-hetero) is 1. The Kier molecular flexibility index (Phi) is 6.54. The van der Waals surface area contributed by atoms with E-state index in [0.29, 0.717) is 54.7 Å². The van der Waals surface area contributed by atoms with Crippen LogP contribution in [0.15, 0.2) is 48.5 Å². The van der Waals surface area contributed by atoms with E-state index in [1.165, 1.54) is 4.90 Å². The molecule has 2 aromatic carbocycles. The van der Waals surface area contributed by atoms with E-state index in [-0.39, 0.29) is 30.0 Å². The smallest absolute Gasteiger partial charge is 0.311 e. The van der Waals surface area contributed by atoms with Gasteiger partial charge in [0, 0.05) is 24.9 Å². The maximum absolute atomic E-state index is 12.3. The summed E-state index contributed by atoms with van der Waals surface area (Å²) in [5.74, 6) is -0.403. The zero-order valence-electron chi connectivity index (χ0n) is 16.3. The Balaban J connectivity index is 1.38. The fourth-order valence-corrected chi connectivity index (χ4v) is 3.25. The molecule has 1 aliphatic heterocycles. The molecule has 1 heterocycles. The molecule has 0 unspecified atom stereocenters. The molecule has 150 valence electrons. The first-order chi connectivity index (χ1) is 14.0. The number of hydrogen-bond donors (Lipinski definition) is 0. The van der Waals surface area contributed by atoms with Gasteiger partial charge in [-0.25, -0.2) is 0 Å². The van der Waals surface area contributed by atoms with E-state index in [9.17, 15) is 19.2 Å². The van der Waals surface area contributed by atoms with Gasteiger partial charge in [-0.1, -0.05) is 25.5 Å². The molecule has 0 N–H and O–H groups in total. The average molecular weight is 393 g/mol. The molecule has 0 spiro atoms. The second kappa shape index (κ2) is 9.28. The lowest BCUT2D eigenvalue weighted by atomic mass is 10.1. The zero-order chi connectivity index (χ0) is 20.8. The van der Waals surface area contributed by atoms with Crippen LogP contribution in [0.3, 0.4) is 0 Å². The molecule has 2 amide bonds. The normalized spacial score (nSPS) is 12.8. The highest BCUT2D eigenvalue weighted by Gasteiger charge is 2.34. The van der Waals surface area contributed by atoms with Gasteiger partial charge >= 0.3 is 5.97 Å². The molecule has 0 saturated carbocycles. The van der Waals surface area contributed by atoms with E-state index in [4.69, 9.17) is 4.74 Å². The summed E-state index contributed by atoms with van der Waals surface area (Å²) in [5.41, 5.74) is 1.50. The van der Waals surface area contributed by atoms with Gasteiger partial charge < -0.3 is 4.74 Å². The van der Waals surface area contributed by atoms with Crippen LogP contribution in [0.1, 0.15) is 70.1 Å². The lowest BCUT2D eigenvalue weighted by molar-refractivity contribution is -0.134. The topological polar surface area (TPSA) is 80.8 Å². The number of ketones is 1. The average Bonchev–Trinajstić information content (AvgIpc) is 2.98. The first kappa shape index (κ1) is 20.5. The molecule has 0 saturated heterocycles. The van der Waals surface area contributed by atoms with E-state index in [2.05, 4.69) is 0 Å². The third kappa shape index (κ3) is 4.77. The van der Waals surface area contributed by atoms with Crippen LogP contribution in [0.2, 0.25) is 0 Å². The molecular formula is C23H23NO5. The second-order valence-corrected chi connectivity index (χ2v) is 6.89. The Morgan fingerprint density at radius 1 is 0.862 bits per heavy atom. The Morgan fingerprint density at radius 3 is 2.07 bits per heavy atom. The lowest BCUT2D eigenvalue weighted by Gasteiger charge is -2.13. The molecular weight excluding hydrogens is 370 g/mol. The summed E-state index contributed by atoms with van der Waals surface area (Å²) in [6, 6.07) is 13.3. The van der Waals surface area contributed by atoms with Crippen LogP contribution in [0.5, 0.6) is 5.75 Å². The largest absolute Gasteiger partial charge is 0.427 e. The fraction of sp³-hybridized carbons (Fsp3) is 0.304. The number of carbonyl (C=O) groups excluding carboxylic acids is 4. The zero-order valence-corrected chi connectivity index (χ0v) is 16.3. The van der Waals surface area contributed by atoms with E-state index in [1.807, 2.05) is 0 Å². The highest BCUT2D eigenvalue weighted by Crippen LogP contribution is 2.23. The minimum absolute atomic E-state index is 0.0425. The summed E-state index contributed by atoms with van der Waals surface area (Å²) in [7, 11) is 0. The monoisotopic (exact) mass is 393 g/mol. The summed E-state index contributed by atoms with van der Waals surface area (Å²) >= 11 is 0. The predicted octanol–water partition coefficient (Wildman–Crippen LogP) is 4.04. The second-order valence-electron chi connectivity index (χ2n) is 6.89. The number of rotatable bonds is 9. The van der Waals surface area contributed by atoms with Crippen molar-refractivity contribution in [3.05, 3.63) is 65.2 Å². The molecule has 6 nitrogen and oxygen atoms in total. The molecule has 0 aromatic heterocycles. The van der Waals surface area contributed by atoms with Crippen molar-refractivity contribution in [2.45, 2.75) is 39.0 Å². The molecule has 0 bridgehead atoms. The number of benzene rings is 2. The number of ether oxygens (including phenoxy) is 1. The van der Waals surface area contributed by atoms with Gasteiger partial charge in [0.1, 0.15) is 5.75 Å². The first-order valence-electron chi connectivity index (χ1n) is 9.80. The summed E-state index contributed by atoms with van der Waals surface area (Å²) in [4.78, 5) is 49.4. The van der Waals surface area contributed by atoms with Crippen molar-refractivity contribution in [2.24, 2.45) is 0 Å². The quantitative estimate of drug-likeness (QED) is 0.211. The van der Waals surface area contributed by atoms with Gasteiger partial charge in [0.2, 0.25) is 0 Å². The summed E-state index contributed by atoms with van der Waals surface area (Å²) in [5, 5.41) is 0. The Hall–Kier alpha value is -3.28. The lowest BCUT2D eigenvalue weighted by Crippen LogP contribution is -2.30. The van der Waals surface area contributed by atoms with Crippen molar-refractivity contribution in [2.75, 3.05) is 6.54 Å². The fourth-order valence-electron chi connectivity index (χ4n) is 3.25. The third-order valence-electron chi connectivity index (χ3n) is 4.87. The number of esters is 1. The number of nitrogens with zero attached hydrogens (tertiary/aromatic N) is 1. The number of unbranched alkanes of at least 4 members (excludes halogenated alkanes) is 2. The van der Waals surface area contributed by atoms with Gasteiger partial charge in [-0.15, -0.1) is 0 Å². The molecule has 2 aromatic rings. The van der Waals surface area contributed by atoms with Crippen molar-refractivity contribution in [3.63, 3.8) is 0 Å². The van der Waals surface area contributed by atoms with Crippen LogP contribution in [0.25, 0.3) is 0 Å². The number of amides is 2. The van der Waals surface area contributed by atoms with Crippen molar-refractivity contribution in [3.8, 4) is 5.75 Å². The number of imide groups is 1. The third-order valence-corrected chi connectivity index (χ3v) is 4.87. The highest BCUT2D eigenvalue weighted by atomic mass is 16.5. The molecule has 0 aliphatic carbocycles. The minimum Gasteiger partial charge on any atom is -0.427 e. The Labute approximate surface area is 169 Å². The molecule has 29 heavy (non-hydrogen) atoms. The van der Waals surface area contributed by atoms with E-state index >= 15 is 0 Å². The van der Waals surface area contributed by atoms with Gasteiger partial charge in [-0.05, 0) is 49.2 Å². The number of fused-ring (bicyclic) bond motifs is 1. The summed E-state index contributed by atoms with van der Waals surface area (Å²) in [6.45, 7) is 2.14. The van der Waals surface area contributed by atoms with E-state index < -0.39 is 0 Å². The van der Waals surface area contributed by atoms with Crippen LogP contribution in [-0.2, 0) is 4.79 Å². The Morgan fingerprint density at radius 2 is 1.48 bits per heavy atom. The van der Waals surface area contributed by atoms with Gasteiger partial charge in [0.15, 0.2) is 5.78 Å². The minimum atomic E-state index is -0.347. The van der Waals surface area contributed by atoms with Crippen molar-refractivity contribution in [1.29, 1.82) is 0 Å². The molecule has 0 radical (unpaired) electrons. The number of hydrogen-bond acceptors (Lipinski definition) is 5. The SMILES string of the molecule is CCC(=O)c1ccc(OC(=O)CCCCCN2C(=O)c3ccccc3C2=O)cc1. The maximum Gasteiger partial charge on any atom is 0.311 e.